The molecule has 104 valence electrons. The lowest BCUT2D eigenvalue weighted by atomic mass is 10.2. The van der Waals surface area contributed by atoms with Crippen LogP contribution in [0.5, 0.6) is 0 Å². The number of hydrogen-bond donors (Lipinski definition) is 1. The molecule has 0 heterocycles. The summed E-state index contributed by atoms with van der Waals surface area (Å²) in [6, 6.07) is 8.65. The van der Waals surface area contributed by atoms with Crippen LogP contribution in [0.4, 0.5) is 15.8 Å². The molecule has 7 heteroatoms. The third-order valence-electron chi connectivity index (χ3n) is 2.66. The van der Waals surface area contributed by atoms with Crippen LogP contribution in [0.1, 0.15) is 5.56 Å². The molecule has 0 aliphatic carbocycles. The van der Waals surface area contributed by atoms with Gasteiger partial charge in [0.2, 0.25) is 0 Å². The highest BCUT2D eigenvalue weighted by Gasteiger charge is 2.11. The van der Waals surface area contributed by atoms with Crippen LogP contribution in [-0.4, -0.2) is 4.92 Å². The predicted octanol–water partition coefficient (Wildman–Crippen LogP) is 4.65. The third kappa shape index (κ3) is 3.18. The van der Waals surface area contributed by atoms with Crippen LogP contribution >= 0.6 is 23.2 Å². The molecule has 0 aromatic heterocycles. The Hall–Kier alpha value is -1.85. The Morgan fingerprint density at radius 2 is 1.95 bits per heavy atom. The normalized spacial score (nSPS) is 10.3. The van der Waals surface area contributed by atoms with Crippen molar-refractivity contribution in [3.63, 3.8) is 0 Å². The van der Waals surface area contributed by atoms with Crippen LogP contribution in [-0.2, 0) is 6.54 Å². The van der Waals surface area contributed by atoms with E-state index in [-0.39, 0.29) is 17.3 Å². The van der Waals surface area contributed by atoms with E-state index in [2.05, 4.69) is 5.32 Å². The minimum atomic E-state index is -0.526. The smallest absolute Gasteiger partial charge is 0.271 e. The molecule has 2 aromatic rings. The molecule has 0 atom stereocenters. The Labute approximate surface area is 124 Å². The molecule has 20 heavy (non-hydrogen) atoms. The highest BCUT2D eigenvalue weighted by Crippen LogP contribution is 2.27. The summed E-state index contributed by atoms with van der Waals surface area (Å²) in [7, 11) is 0. The molecule has 0 aliphatic heterocycles. The van der Waals surface area contributed by atoms with E-state index >= 15 is 0 Å². The Morgan fingerprint density at radius 1 is 1.20 bits per heavy atom. The maximum absolute atomic E-state index is 13.7. The topological polar surface area (TPSA) is 55.2 Å². The molecule has 4 nitrogen and oxygen atoms in total. The number of rotatable bonds is 4. The molecule has 0 aliphatic rings. The number of halogens is 3. The Balaban J connectivity index is 2.20. The highest BCUT2D eigenvalue weighted by atomic mass is 35.5. The van der Waals surface area contributed by atoms with Gasteiger partial charge in [-0.25, -0.2) is 4.39 Å². The van der Waals surface area contributed by atoms with Crippen molar-refractivity contribution in [1.29, 1.82) is 0 Å². The van der Waals surface area contributed by atoms with E-state index in [0.717, 1.165) is 0 Å². The first-order chi connectivity index (χ1) is 9.49. The van der Waals surface area contributed by atoms with Crippen LogP contribution < -0.4 is 5.32 Å². The first-order valence-electron chi connectivity index (χ1n) is 5.59. The van der Waals surface area contributed by atoms with Gasteiger partial charge < -0.3 is 5.32 Å². The van der Waals surface area contributed by atoms with Gasteiger partial charge in [-0.2, -0.15) is 0 Å². The lowest BCUT2D eigenvalue weighted by Crippen LogP contribution is -2.03. The van der Waals surface area contributed by atoms with Crippen molar-refractivity contribution in [3.05, 3.63) is 67.9 Å². The highest BCUT2D eigenvalue weighted by molar-refractivity contribution is 6.33. The number of nitro benzene ring substituents is 1. The third-order valence-corrected chi connectivity index (χ3v) is 3.28. The maximum atomic E-state index is 13.7. The number of nitrogens with zero attached hydrogens (tertiary/aromatic N) is 1. The summed E-state index contributed by atoms with van der Waals surface area (Å²) in [6.45, 7) is 0.118. The van der Waals surface area contributed by atoms with E-state index in [9.17, 15) is 14.5 Å². The first-order valence-corrected chi connectivity index (χ1v) is 6.35. The summed E-state index contributed by atoms with van der Waals surface area (Å²) in [6.07, 6.45) is 0. The van der Waals surface area contributed by atoms with Gasteiger partial charge in [-0.3, -0.25) is 10.1 Å². The lowest BCUT2D eigenvalue weighted by Gasteiger charge is -2.09. The van der Waals surface area contributed by atoms with E-state index in [1.54, 1.807) is 12.1 Å². The molecule has 0 bridgehead atoms. The summed E-state index contributed by atoms with van der Waals surface area (Å²) in [5.41, 5.74) is 0.615. The summed E-state index contributed by atoms with van der Waals surface area (Å²) >= 11 is 11.6. The van der Waals surface area contributed by atoms with Crippen molar-refractivity contribution in [2.45, 2.75) is 6.54 Å². The molecule has 1 N–H and O–H groups in total. The van der Waals surface area contributed by atoms with Gasteiger partial charge in [0.05, 0.1) is 20.7 Å². The summed E-state index contributed by atoms with van der Waals surface area (Å²) in [5.74, 6) is -0.525. The molecule has 0 fully saturated rings. The quantitative estimate of drug-likeness (QED) is 0.660. The van der Waals surface area contributed by atoms with Gasteiger partial charge in [0.15, 0.2) is 0 Å². The monoisotopic (exact) mass is 314 g/mol. The van der Waals surface area contributed by atoms with Crippen LogP contribution in [0, 0.1) is 15.9 Å². The Bertz CT molecular complexity index is 665. The van der Waals surface area contributed by atoms with Gasteiger partial charge in [0.25, 0.3) is 5.69 Å². The fourth-order valence-electron chi connectivity index (χ4n) is 1.64. The van der Waals surface area contributed by atoms with E-state index < -0.39 is 10.7 Å². The number of nitrogens with one attached hydrogen (secondary N) is 1. The minimum absolute atomic E-state index is 0.0226. The molecule has 0 amide bonds. The van der Waals surface area contributed by atoms with E-state index in [4.69, 9.17) is 23.2 Å². The Morgan fingerprint density at radius 3 is 2.65 bits per heavy atom. The number of hydrogen-bond acceptors (Lipinski definition) is 3. The average Bonchev–Trinajstić information content (AvgIpc) is 2.41. The summed E-state index contributed by atoms with van der Waals surface area (Å²) in [5, 5.41) is 13.9. The average molecular weight is 315 g/mol. The summed E-state index contributed by atoms with van der Waals surface area (Å²) < 4.78 is 13.7. The number of non-ortho nitro benzene ring substituents is 1. The second kappa shape index (κ2) is 6.07. The maximum Gasteiger partial charge on any atom is 0.271 e. The van der Waals surface area contributed by atoms with E-state index in [0.29, 0.717) is 16.3 Å². The van der Waals surface area contributed by atoms with E-state index in [1.807, 2.05) is 0 Å². The SMILES string of the molecule is O=[N+]([O-])c1ccc(Cl)c(NCc2cccc(Cl)c2F)c1. The number of benzene rings is 2. The summed E-state index contributed by atoms with van der Waals surface area (Å²) in [4.78, 5) is 10.2. The van der Waals surface area contributed by atoms with Crippen molar-refractivity contribution >= 4 is 34.6 Å². The minimum Gasteiger partial charge on any atom is -0.379 e. The molecule has 0 radical (unpaired) electrons. The van der Waals surface area contributed by atoms with Crippen molar-refractivity contribution in [3.8, 4) is 0 Å². The van der Waals surface area contributed by atoms with Crippen LogP contribution in [0.15, 0.2) is 36.4 Å². The molecule has 0 unspecified atom stereocenters. The molecular weight excluding hydrogens is 306 g/mol. The fourth-order valence-corrected chi connectivity index (χ4v) is 2.02. The van der Waals surface area contributed by atoms with Gasteiger partial charge in [0, 0.05) is 24.2 Å². The first kappa shape index (κ1) is 14.6. The van der Waals surface area contributed by atoms with Crippen molar-refractivity contribution in [2.75, 3.05) is 5.32 Å². The zero-order valence-electron chi connectivity index (χ0n) is 10.1. The standard InChI is InChI=1S/C13H9Cl2FN2O2/c14-10-5-4-9(18(19)20)6-12(10)17-7-8-2-1-3-11(15)13(8)16/h1-6,17H,7H2. The van der Waals surface area contributed by atoms with Gasteiger partial charge in [-0.15, -0.1) is 0 Å². The second-order valence-electron chi connectivity index (χ2n) is 3.99. The van der Waals surface area contributed by atoms with Gasteiger partial charge in [0.1, 0.15) is 5.82 Å². The van der Waals surface area contributed by atoms with Crippen LogP contribution in [0.2, 0.25) is 10.0 Å². The van der Waals surface area contributed by atoms with E-state index in [1.165, 1.54) is 24.3 Å². The lowest BCUT2D eigenvalue weighted by molar-refractivity contribution is -0.384. The van der Waals surface area contributed by atoms with Crippen LogP contribution in [0.3, 0.4) is 0 Å². The van der Waals surface area contributed by atoms with Crippen molar-refractivity contribution in [2.24, 2.45) is 0 Å². The molecule has 0 saturated heterocycles. The largest absolute Gasteiger partial charge is 0.379 e. The molecule has 2 aromatic carbocycles. The number of anilines is 1. The molecule has 2 rings (SSSR count). The van der Waals surface area contributed by atoms with Crippen LogP contribution in [0.25, 0.3) is 0 Å². The Kier molecular flexibility index (Phi) is 4.42. The second-order valence-corrected chi connectivity index (χ2v) is 4.80. The molecule has 0 saturated carbocycles. The molecular formula is C13H9Cl2FN2O2. The van der Waals surface area contributed by atoms with Crippen molar-refractivity contribution < 1.29 is 9.31 Å². The predicted molar refractivity (Wildman–Crippen MR) is 76.8 cm³/mol. The zero-order valence-corrected chi connectivity index (χ0v) is 11.6. The number of nitro groups is 1. The molecule has 0 spiro atoms. The van der Waals surface area contributed by atoms with Crippen molar-refractivity contribution in [1.82, 2.24) is 0 Å². The fraction of sp³-hybridized carbons (Fsp3) is 0.0769. The zero-order chi connectivity index (χ0) is 14.7. The van der Waals surface area contributed by atoms with Gasteiger partial charge in [-0.1, -0.05) is 35.3 Å². The van der Waals surface area contributed by atoms with Gasteiger partial charge >= 0.3 is 0 Å². The van der Waals surface area contributed by atoms with Gasteiger partial charge in [-0.05, 0) is 12.1 Å².